The number of aldehydes is 1. The van der Waals surface area contributed by atoms with Gasteiger partial charge in [0.25, 0.3) is 5.56 Å². The molecule has 142 valence electrons. The van der Waals surface area contributed by atoms with Gasteiger partial charge in [-0.25, -0.2) is 15.0 Å². The van der Waals surface area contributed by atoms with Crippen molar-refractivity contribution >= 4 is 12.2 Å². The summed E-state index contributed by atoms with van der Waals surface area (Å²) in [5, 5.41) is 0. The van der Waals surface area contributed by atoms with Crippen molar-refractivity contribution < 1.29 is 4.79 Å². The molecule has 1 aromatic carbocycles. The zero-order valence-corrected chi connectivity index (χ0v) is 15.6. The first kappa shape index (κ1) is 18.0. The first-order valence-corrected chi connectivity index (χ1v) is 9.39. The van der Waals surface area contributed by atoms with Crippen LogP contribution in [-0.2, 0) is 11.3 Å². The fourth-order valence-corrected chi connectivity index (χ4v) is 3.76. The van der Waals surface area contributed by atoms with E-state index in [1.165, 1.54) is 12.4 Å². The van der Waals surface area contributed by atoms with E-state index in [4.69, 9.17) is 4.98 Å². The highest BCUT2D eigenvalue weighted by Crippen LogP contribution is 2.33. The number of nitrogens with zero attached hydrogens (tertiary/aromatic N) is 5. The predicted octanol–water partition coefficient (Wildman–Crippen LogP) is 2.63. The van der Waals surface area contributed by atoms with Crippen molar-refractivity contribution in [3.05, 3.63) is 70.9 Å². The Balaban J connectivity index is 1.89. The molecule has 0 radical (unpaired) electrons. The zero-order chi connectivity index (χ0) is 19.5. The van der Waals surface area contributed by atoms with Gasteiger partial charge >= 0.3 is 0 Å². The van der Waals surface area contributed by atoms with E-state index in [1.54, 1.807) is 16.8 Å². The highest BCUT2D eigenvalue weighted by atomic mass is 16.1. The van der Waals surface area contributed by atoms with E-state index in [1.807, 2.05) is 35.2 Å². The molecule has 0 saturated heterocycles. The third kappa shape index (κ3) is 3.19. The van der Waals surface area contributed by atoms with Gasteiger partial charge in [0.05, 0.1) is 11.4 Å². The second-order valence-electron chi connectivity index (χ2n) is 6.78. The van der Waals surface area contributed by atoms with Gasteiger partial charge < -0.3 is 9.69 Å². The second kappa shape index (κ2) is 7.72. The predicted molar refractivity (Wildman–Crippen MR) is 106 cm³/mol. The van der Waals surface area contributed by atoms with E-state index in [0.717, 1.165) is 24.7 Å². The maximum atomic E-state index is 12.8. The Morgan fingerprint density at radius 2 is 2.04 bits per heavy atom. The van der Waals surface area contributed by atoms with Crippen LogP contribution in [0.1, 0.15) is 31.4 Å². The summed E-state index contributed by atoms with van der Waals surface area (Å²) in [5.41, 5.74) is 1.80. The lowest BCUT2D eigenvalue weighted by molar-refractivity contribution is -0.109. The molecule has 4 rings (SSSR count). The average molecular weight is 375 g/mol. The molecule has 0 aliphatic carbocycles. The SMILES string of the molecule is CCC1CCn2c(nc(-c3ccncn3)cc2=O)N1C(C=O)c1ccccc1. The van der Waals surface area contributed by atoms with Crippen LogP contribution in [0.25, 0.3) is 11.4 Å². The first-order valence-electron chi connectivity index (χ1n) is 9.39. The minimum Gasteiger partial charge on any atom is -0.325 e. The molecule has 2 unspecified atom stereocenters. The topological polar surface area (TPSA) is 81.0 Å². The average Bonchev–Trinajstić information content (AvgIpc) is 2.75. The molecule has 0 amide bonds. The third-order valence-corrected chi connectivity index (χ3v) is 5.18. The lowest BCUT2D eigenvalue weighted by atomic mass is 10.00. The summed E-state index contributed by atoms with van der Waals surface area (Å²) in [7, 11) is 0. The molecule has 0 fully saturated rings. The molecule has 1 aliphatic heterocycles. The molecule has 3 aromatic rings. The van der Waals surface area contributed by atoms with E-state index in [2.05, 4.69) is 16.9 Å². The van der Waals surface area contributed by atoms with Crippen molar-refractivity contribution in [2.45, 2.75) is 38.4 Å². The maximum absolute atomic E-state index is 12.8. The fraction of sp³-hybridized carbons (Fsp3) is 0.286. The minimum atomic E-state index is -0.509. The number of hydrogen-bond acceptors (Lipinski definition) is 6. The number of rotatable bonds is 5. The summed E-state index contributed by atoms with van der Waals surface area (Å²) < 4.78 is 1.65. The van der Waals surface area contributed by atoms with Gasteiger partial charge in [-0.1, -0.05) is 37.3 Å². The number of hydrogen-bond donors (Lipinski definition) is 0. The number of aromatic nitrogens is 4. The highest BCUT2D eigenvalue weighted by molar-refractivity contribution is 5.68. The Morgan fingerprint density at radius 1 is 1.21 bits per heavy atom. The molecule has 3 heterocycles. The Morgan fingerprint density at radius 3 is 2.71 bits per heavy atom. The lowest BCUT2D eigenvalue weighted by Crippen LogP contribution is -2.47. The van der Waals surface area contributed by atoms with Gasteiger partial charge in [0.15, 0.2) is 0 Å². The van der Waals surface area contributed by atoms with Gasteiger partial charge in [0, 0.05) is 24.8 Å². The molecule has 7 heteroatoms. The van der Waals surface area contributed by atoms with Gasteiger partial charge in [0.1, 0.15) is 18.7 Å². The van der Waals surface area contributed by atoms with Crippen molar-refractivity contribution in [1.29, 1.82) is 0 Å². The van der Waals surface area contributed by atoms with Gasteiger partial charge in [-0.2, -0.15) is 0 Å². The quantitative estimate of drug-likeness (QED) is 0.638. The van der Waals surface area contributed by atoms with Crippen LogP contribution in [-0.4, -0.2) is 31.8 Å². The van der Waals surface area contributed by atoms with Gasteiger partial charge in [-0.05, 0) is 24.5 Å². The molecular formula is C21H21N5O2. The molecular weight excluding hydrogens is 354 g/mol. The van der Waals surface area contributed by atoms with E-state index in [0.29, 0.717) is 23.9 Å². The summed E-state index contributed by atoms with van der Waals surface area (Å²) in [4.78, 5) is 39.8. The maximum Gasteiger partial charge on any atom is 0.255 e. The lowest BCUT2D eigenvalue weighted by Gasteiger charge is -2.41. The zero-order valence-electron chi connectivity index (χ0n) is 15.6. The standard InChI is InChI=1S/C21H21N5O2/c1-2-16-9-11-25-20(28)12-18(17-8-10-22-14-23-17)24-21(25)26(16)19(13-27)15-6-4-3-5-7-15/h3-8,10,12-14,16,19H,2,9,11H2,1H3. The van der Waals surface area contributed by atoms with Crippen LogP contribution in [0.15, 0.2) is 59.8 Å². The molecule has 0 spiro atoms. The second-order valence-corrected chi connectivity index (χ2v) is 6.78. The van der Waals surface area contributed by atoms with E-state index < -0.39 is 6.04 Å². The molecule has 7 nitrogen and oxygen atoms in total. The first-order chi connectivity index (χ1) is 13.7. The number of benzene rings is 1. The molecule has 0 saturated carbocycles. The smallest absolute Gasteiger partial charge is 0.255 e. The van der Waals surface area contributed by atoms with Crippen LogP contribution in [0.5, 0.6) is 0 Å². The number of anilines is 1. The van der Waals surface area contributed by atoms with Crippen LogP contribution >= 0.6 is 0 Å². The highest BCUT2D eigenvalue weighted by Gasteiger charge is 2.34. The van der Waals surface area contributed by atoms with Crippen molar-refractivity contribution in [3.63, 3.8) is 0 Å². The summed E-state index contributed by atoms with van der Waals surface area (Å²) >= 11 is 0. The number of carbonyl (C=O) groups excluding carboxylic acids is 1. The summed E-state index contributed by atoms with van der Waals surface area (Å²) in [5.74, 6) is 0.514. The molecule has 0 bridgehead atoms. The van der Waals surface area contributed by atoms with Crippen molar-refractivity contribution in [2.24, 2.45) is 0 Å². The Bertz CT molecular complexity index is 1020. The van der Waals surface area contributed by atoms with Crippen molar-refractivity contribution in [3.8, 4) is 11.4 Å². The number of fused-ring (bicyclic) bond motifs is 1. The normalized spacial score (nSPS) is 17.0. The van der Waals surface area contributed by atoms with E-state index in [9.17, 15) is 9.59 Å². The Labute approximate surface area is 162 Å². The van der Waals surface area contributed by atoms with E-state index in [-0.39, 0.29) is 11.6 Å². The molecule has 2 atom stereocenters. The van der Waals surface area contributed by atoms with Gasteiger partial charge in [-0.15, -0.1) is 0 Å². The fourth-order valence-electron chi connectivity index (χ4n) is 3.76. The minimum absolute atomic E-state index is 0.114. The van der Waals surface area contributed by atoms with E-state index >= 15 is 0 Å². The Hall–Kier alpha value is -3.35. The van der Waals surface area contributed by atoms with Crippen LogP contribution in [0, 0.1) is 0 Å². The number of carbonyl (C=O) groups is 1. The van der Waals surface area contributed by atoms with Crippen LogP contribution in [0.4, 0.5) is 5.95 Å². The molecule has 1 aliphatic rings. The summed E-state index contributed by atoms with van der Waals surface area (Å²) in [6.45, 7) is 2.67. The van der Waals surface area contributed by atoms with Crippen LogP contribution in [0.2, 0.25) is 0 Å². The van der Waals surface area contributed by atoms with Crippen LogP contribution < -0.4 is 10.5 Å². The molecule has 2 aromatic heterocycles. The van der Waals surface area contributed by atoms with Gasteiger partial charge in [-0.3, -0.25) is 9.36 Å². The summed E-state index contributed by atoms with van der Waals surface area (Å²) in [6, 6.07) is 12.4. The summed E-state index contributed by atoms with van der Waals surface area (Å²) in [6.07, 6.45) is 5.61. The molecule has 0 N–H and O–H groups in total. The van der Waals surface area contributed by atoms with Crippen molar-refractivity contribution in [2.75, 3.05) is 4.90 Å². The third-order valence-electron chi connectivity index (χ3n) is 5.18. The largest absolute Gasteiger partial charge is 0.325 e. The molecule has 28 heavy (non-hydrogen) atoms. The van der Waals surface area contributed by atoms with Gasteiger partial charge in [0.2, 0.25) is 5.95 Å². The van der Waals surface area contributed by atoms with Crippen molar-refractivity contribution in [1.82, 2.24) is 19.5 Å². The van der Waals surface area contributed by atoms with Crippen LogP contribution in [0.3, 0.4) is 0 Å². The Kier molecular flexibility index (Phi) is 4.97. The monoisotopic (exact) mass is 375 g/mol.